The van der Waals surface area contributed by atoms with Crippen molar-refractivity contribution in [2.24, 2.45) is 0 Å². The van der Waals surface area contributed by atoms with E-state index in [9.17, 15) is 22.0 Å². The van der Waals surface area contributed by atoms with Gasteiger partial charge in [0.2, 0.25) is 0 Å². The summed E-state index contributed by atoms with van der Waals surface area (Å²) in [5, 5.41) is -0.245. The molecule has 0 radical (unpaired) electrons. The topological polar surface area (TPSA) is 89.0 Å². The molecule has 2 amide bonds. The molecule has 12 heteroatoms. The number of urea groups is 1. The Morgan fingerprint density at radius 1 is 1.09 bits per heavy atom. The normalized spacial score (nSPS) is 14.8. The number of carbonyl (C=O) groups excluding carboxylic acids is 1. The van der Waals surface area contributed by atoms with Gasteiger partial charge in [0, 0.05) is 17.7 Å². The molecule has 0 spiro atoms. The molecule has 1 aromatic heterocycles. The van der Waals surface area contributed by atoms with E-state index in [1.807, 2.05) is 0 Å². The zero-order valence-corrected chi connectivity index (χ0v) is 18.8. The molecule has 0 N–H and O–H groups in total. The lowest BCUT2D eigenvalue weighted by atomic mass is 10.1. The average Bonchev–Trinajstić information content (AvgIpc) is 2.77. The number of carbonyl (C=O) groups is 1. The highest BCUT2D eigenvalue weighted by molar-refractivity contribution is 7.94. The van der Waals surface area contributed by atoms with E-state index in [2.05, 4.69) is 4.98 Å². The number of anilines is 2. The molecular weight excluding hydrogens is 480 g/mol. The monoisotopic (exact) mass is 495 g/mol. The van der Waals surface area contributed by atoms with E-state index >= 15 is 0 Å². The summed E-state index contributed by atoms with van der Waals surface area (Å²) in [5.74, 6) is -1.68. The van der Waals surface area contributed by atoms with E-state index in [-0.39, 0.29) is 38.5 Å². The molecule has 0 bridgehead atoms. The summed E-state index contributed by atoms with van der Waals surface area (Å²) in [6.07, 6.45) is 1.13. The number of rotatable bonds is 5. The number of hydrogen-bond donors (Lipinski definition) is 0. The first-order chi connectivity index (χ1) is 15.7. The molecule has 0 saturated carbocycles. The van der Waals surface area contributed by atoms with Gasteiger partial charge in [0.05, 0.1) is 43.4 Å². The van der Waals surface area contributed by atoms with Crippen LogP contribution in [-0.4, -0.2) is 33.7 Å². The number of pyridine rings is 1. The smallest absolute Gasteiger partial charge is 0.343 e. The maximum absolute atomic E-state index is 14.5. The van der Waals surface area contributed by atoms with Gasteiger partial charge in [-0.2, -0.15) is 4.31 Å². The predicted molar refractivity (Wildman–Crippen MR) is 116 cm³/mol. The number of ether oxygens (including phenoxy) is 2. The van der Waals surface area contributed by atoms with Gasteiger partial charge in [-0.25, -0.2) is 27.0 Å². The van der Waals surface area contributed by atoms with Crippen LogP contribution in [0.1, 0.15) is 5.56 Å². The molecule has 0 saturated heterocycles. The zero-order valence-electron chi connectivity index (χ0n) is 17.3. The largest absolute Gasteiger partial charge is 0.491 e. The Kier molecular flexibility index (Phi) is 5.85. The summed E-state index contributed by atoms with van der Waals surface area (Å²) in [6, 6.07) is 7.55. The van der Waals surface area contributed by atoms with E-state index in [4.69, 9.17) is 21.1 Å². The van der Waals surface area contributed by atoms with Gasteiger partial charge < -0.3 is 9.47 Å². The van der Waals surface area contributed by atoms with Crippen molar-refractivity contribution in [2.75, 3.05) is 23.4 Å². The van der Waals surface area contributed by atoms with Crippen LogP contribution in [0.4, 0.5) is 25.0 Å². The van der Waals surface area contributed by atoms with E-state index in [1.165, 1.54) is 44.6 Å². The summed E-state index contributed by atoms with van der Waals surface area (Å²) in [6.45, 7) is -0.451. The Morgan fingerprint density at radius 3 is 2.48 bits per heavy atom. The van der Waals surface area contributed by atoms with Gasteiger partial charge in [0.1, 0.15) is 16.5 Å². The molecule has 3 aromatic rings. The molecule has 0 aliphatic carbocycles. The molecule has 0 unspecified atom stereocenters. The standard InChI is InChI=1S/C21H16ClF2N3O5S/c1-31-18-9-13(10-25-20(18)32-2)27-21(28)26(11-14-15(22)7-12(23)8-16(14)24)17-5-3-4-6-19(17)33(27,29)30/h3-10H,11H2,1-2H3. The van der Waals surface area contributed by atoms with E-state index in [1.54, 1.807) is 0 Å². The average molecular weight is 496 g/mol. The fourth-order valence-electron chi connectivity index (χ4n) is 3.43. The number of hydrogen-bond acceptors (Lipinski definition) is 6. The van der Waals surface area contributed by atoms with Crippen molar-refractivity contribution >= 4 is 39.0 Å². The quantitative estimate of drug-likeness (QED) is 0.522. The maximum Gasteiger partial charge on any atom is 0.343 e. The van der Waals surface area contributed by atoms with Gasteiger partial charge in [-0.3, -0.25) is 4.90 Å². The molecule has 1 aliphatic rings. The van der Waals surface area contributed by atoms with E-state index in [0.717, 1.165) is 17.2 Å². The van der Waals surface area contributed by atoms with Crippen molar-refractivity contribution in [1.82, 2.24) is 4.98 Å². The SMILES string of the molecule is COc1cc(N2C(=O)N(Cc3c(F)cc(F)cc3Cl)c3ccccc3S2(=O)=O)cnc1OC. The number of sulfonamides is 1. The number of nitrogens with zero attached hydrogens (tertiary/aromatic N) is 3. The molecule has 0 atom stereocenters. The number of fused-ring (bicyclic) bond motifs is 1. The first kappa shape index (κ1) is 22.7. The summed E-state index contributed by atoms with van der Waals surface area (Å²) in [5.41, 5.74) is -0.277. The number of aromatic nitrogens is 1. The van der Waals surface area contributed by atoms with Crippen LogP contribution < -0.4 is 18.7 Å². The summed E-state index contributed by atoms with van der Waals surface area (Å²) >= 11 is 6.02. The van der Waals surface area contributed by atoms with Crippen LogP contribution in [0.15, 0.2) is 53.6 Å². The first-order valence-corrected chi connectivity index (χ1v) is 11.2. The van der Waals surface area contributed by atoms with Crippen LogP contribution in [0.2, 0.25) is 5.02 Å². The lowest BCUT2D eigenvalue weighted by Gasteiger charge is -2.36. The Hall–Kier alpha value is -3.44. The third-order valence-electron chi connectivity index (χ3n) is 4.95. The van der Waals surface area contributed by atoms with Crippen molar-refractivity contribution in [3.63, 3.8) is 0 Å². The molecule has 2 heterocycles. The number of benzene rings is 2. The maximum atomic E-state index is 14.5. The third kappa shape index (κ3) is 3.83. The van der Waals surface area contributed by atoms with Crippen LogP contribution in [-0.2, 0) is 16.6 Å². The second kappa shape index (κ2) is 8.49. The lowest BCUT2D eigenvalue weighted by molar-refractivity contribution is 0.253. The number of amides is 2. The molecule has 33 heavy (non-hydrogen) atoms. The van der Waals surface area contributed by atoms with Gasteiger partial charge in [0.25, 0.3) is 15.9 Å². The lowest BCUT2D eigenvalue weighted by Crippen LogP contribution is -2.50. The van der Waals surface area contributed by atoms with Crippen LogP contribution in [0, 0.1) is 11.6 Å². The fourth-order valence-corrected chi connectivity index (χ4v) is 5.25. The minimum atomic E-state index is -4.36. The number of methoxy groups -OCH3 is 2. The summed E-state index contributed by atoms with van der Waals surface area (Å²) in [7, 11) is -1.68. The first-order valence-electron chi connectivity index (χ1n) is 9.36. The molecule has 8 nitrogen and oxygen atoms in total. The van der Waals surface area contributed by atoms with Gasteiger partial charge in [-0.15, -0.1) is 0 Å². The summed E-state index contributed by atoms with van der Waals surface area (Å²) < 4.78 is 65.5. The minimum Gasteiger partial charge on any atom is -0.491 e. The minimum absolute atomic E-state index is 0.0203. The highest BCUT2D eigenvalue weighted by Crippen LogP contribution is 2.40. The molecule has 0 fully saturated rings. The van der Waals surface area contributed by atoms with Crippen molar-refractivity contribution in [3.8, 4) is 11.6 Å². The van der Waals surface area contributed by atoms with Crippen molar-refractivity contribution in [2.45, 2.75) is 11.4 Å². The van der Waals surface area contributed by atoms with Crippen LogP contribution in [0.5, 0.6) is 11.6 Å². The van der Waals surface area contributed by atoms with E-state index in [0.29, 0.717) is 10.4 Å². The van der Waals surface area contributed by atoms with Crippen LogP contribution >= 0.6 is 11.6 Å². The Labute approximate surface area is 193 Å². The summed E-state index contributed by atoms with van der Waals surface area (Å²) in [4.78, 5) is 18.3. The highest BCUT2D eigenvalue weighted by atomic mass is 35.5. The molecular formula is C21H16ClF2N3O5S. The molecule has 172 valence electrons. The van der Waals surface area contributed by atoms with Crippen molar-refractivity contribution < 1.29 is 31.5 Å². The molecule has 4 rings (SSSR count). The molecule has 1 aliphatic heterocycles. The highest BCUT2D eigenvalue weighted by Gasteiger charge is 2.43. The second-order valence-electron chi connectivity index (χ2n) is 6.86. The van der Waals surface area contributed by atoms with Gasteiger partial charge in [0.15, 0.2) is 5.75 Å². The number of halogens is 3. The number of para-hydroxylation sites is 1. The van der Waals surface area contributed by atoms with Gasteiger partial charge in [-0.1, -0.05) is 23.7 Å². The Bertz CT molecular complexity index is 1350. The third-order valence-corrected chi connectivity index (χ3v) is 7.04. The van der Waals surface area contributed by atoms with Crippen LogP contribution in [0.3, 0.4) is 0 Å². The zero-order chi connectivity index (χ0) is 23.9. The van der Waals surface area contributed by atoms with Crippen LogP contribution in [0.25, 0.3) is 0 Å². The predicted octanol–water partition coefficient (Wildman–Crippen LogP) is 4.37. The van der Waals surface area contributed by atoms with Crippen molar-refractivity contribution in [3.05, 3.63) is 70.9 Å². The van der Waals surface area contributed by atoms with Crippen molar-refractivity contribution in [1.29, 1.82) is 0 Å². The fraction of sp³-hybridized carbons (Fsp3) is 0.143. The van der Waals surface area contributed by atoms with Gasteiger partial charge in [-0.05, 0) is 18.2 Å². The second-order valence-corrected chi connectivity index (χ2v) is 9.02. The van der Waals surface area contributed by atoms with Gasteiger partial charge >= 0.3 is 6.03 Å². The molecule has 2 aromatic carbocycles. The Morgan fingerprint density at radius 2 is 1.82 bits per heavy atom. The Balaban J connectivity index is 1.89. The van der Waals surface area contributed by atoms with E-state index < -0.39 is 34.2 Å².